The number of halogens is 2. The van der Waals surface area contributed by atoms with E-state index >= 15 is 0 Å². The Balaban J connectivity index is 2.12. The molecule has 0 bridgehead atoms. The van der Waals surface area contributed by atoms with Gasteiger partial charge in [0.2, 0.25) is 0 Å². The second-order valence-corrected chi connectivity index (χ2v) is 7.51. The SMILES string of the molecule is COCCN(CCOC)C1=C(c2ccccc2)C(=O)N(c2cc(Cl)cc(Cl)c2)C1=O. The summed E-state index contributed by atoms with van der Waals surface area (Å²) in [5.41, 5.74) is 1.60. The van der Waals surface area contributed by atoms with Crippen LogP contribution in [0.3, 0.4) is 0 Å². The standard InChI is InChI=1S/C22H22Cl2N2O4/c1-29-10-8-25(9-11-30-2)20-19(15-6-4-3-5-7-15)21(27)26(22(20)28)18-13-16(23)12-17(24)14-18/h3-7,12-14H,8-11H2,1-2H3. The van der Waals surface area contributed by atoms with Gasteiger partial charge in [-0.2, -0.15) is 0 Å². The smallest absolute Gasteiger partial charge is 0.282 e. The number of imide groups is 1. The molecule has 1 heterocycles. The number of hydrogen-bond acceptors (Lipinski definition) is 5. The van der Waals surface area contributed by atoms with E-state index in [-0.39, 0.29) is 0 Å². The molecule has 30 heavy (non-hydrogen) atoms. The van der Waals surface area contributed by atoms with E-state index in [9.17, 15) is 9.59 Å². The summed E-state index contributed by atoms with van der Waals surface area (Å²) in [5.74, 6) is -0.872. The first-order chi connectivity index (χ1) is 14.5. The van der Waals surface area contributed by atoms with E-state index in [1.807, 2.05) is 23.1 Å². The first-order valence-corrected chi connectivity index (χ1v) is 10.1. The Morgan fingerprint density at radius 3 is 1.97 bits per heavy atom. The molecule has 0 aromatic heterocycles. The van der Waals surface area contributed by atoms with Crippen LogP contribution in [0.1, 0.15) is 5.56 Å². The van der Waals surface area contributed by atoms with Gasteiger partial charge in [-0.15, -0.1) is 0 Å². The van der Waals surface area contributed by atoms with E-state index in [0.29, 0.717) is 58.9 Å². The zero-order valence-electron chi connectivity index (χ0n) is 16.7. The minimum atomic E-state index is -0.440. The molecule has 0 radical (unpaired) electrons. The summed E-state index contributed by atoms with van der Waals surface area (Å²) in [7, 11) is 3.17. The number of benzene rings is 2. The van der Waals surface area contributed by atoms with Gasteiger partial charge in [-0.25, -0.2) is 4.90 Å². The van der Waals surface area contributed by atoms with E-state index in [2.05, 4.69) is 0 Å². The molecule has 0 atom stereocenters. The van der Waals surface area contributed by atoms with E-state index in [0.717, 1.165) is 4.90 Å². The topological polar surface area (TPSA) is 59.1 Å². The Labute approximate surface area is 185 Å². The first-order valence-electron chi connectivity index (χ1n) is 9.35. The van der Waals surface area contributed by atoms with Crippen molar-refractivity contribution < 1.29 is 19.1 Å². The monoisotopic (exact) mass is 448 g/mol. The fourth-order valence-corrected chi connectivity index (χ4v) is 3.83. The normalized spacial score (nSPS) is 14.1. The fraction of sp³-hybridized carbons (Fsp3) is 0.273. The number of carbonyl (C=O) groups is 2. The van der Waals surface area contributed by atoms with Gasteiger partial charge in [0.1, 0.15) is 5.70 Å². The van der Waals surface area contributed by atoms with Crippen LogP contribution in [-0.2, 0) is 19.1 Å². The van der Waals surface area contributed by atoms with Crippen LogP contribution in [0.15, 0.2) is 54.2 Å². The van der Waals surface area contributed by atoms with Crippen molar-refractivity contribution in [1.82, 2.24) is 4.90 Å². The highest BCUT2D eigenvalue weighted by atomic mass is 35.5. The number of nitrogens with zero attached hydrogens (tertiary/aromatic N) is 2. The largest absolute Gasteiger partial charge is 0.383 e. The quantitative estimate of drug-likeness (QED) is 0.544. The molecular formula is C22H22Cl2N2O4. The van der Waals surface area contributed by atoms with Gasteiger partial charge < -0.3 is 14.4 Å². The third-order valence-corrected chi connectivity index (χ3v) is 5.11. The Bertz CT molecular complexity index is 935. The molecule has 2 amide bonds. The lowest BCUT2D eigenvalue weighted by Crippen LogP contribution is -2.37. The highest BCUT2D eigenvalue weighted by Gasteiger charge is 2.42. The molecule has 0 saturated heterocycles. The average Bonchev–Trinajstić information content (AvgIpc) is 2.98. The lowest BCUT2D eigenvalue weighted by atomic mass is 10.0. The summed E-state index contributed by atoms with van der Waals surface area (Å²) in [4.78, 5) is 29.9. The van der Waals surface area contributed by atoms with Gasteiger partial charge in [-0.1, -0.05) is 53.5 Å². The van der Waals surface area contributed by atoms with Crippen LogP contribution in [0.5, 0.6) is 0 Å². The molecule has 0 fully saturated rings. The van der Waals surface area contributed by atoms with Crippen molar-refractivity contribution in [3.05, 3.63) is 69.8 Å². The average molecular weight is 449 g/mol. The molecular weight excluding hydrogens is 427 g/mol. The molecule has 1 aliphatic heterocycles. The molecule has 2 aromatic carbocycles. The highest BCUT2D eigenvalue weighted by molar-refractivity contribution is 6.46. The van der Waals surface area contributed by atoms with Gasteiger partial charge in [0.15, 0.2) is 0 Å². The minimum Gasteiger partial charge on any atom is -0.383 e. The summed E-state index contributed by atoms with van der Waals surface area (Å²) < 4.78 is 10.4. The predicted molar refractivity (Wildman–Crippen MR) is 118 cm³/mol. The molecule has 0 saturated carbocycles. The molecule has 1 aliphatic rings. The Morgan fingerprint density at radius 1 is 0.867 bits per heavy atom. The lowest BCUT2D eigenvalue weighted by Gasteiger charge is -2.25. The van der Waals surface area contributed by atoms with Gasteiger partial charge in [0.05, 0.1) is 24.5 Å². The Morgan fingerprint density at radius 2 is 1.43 bits per heavy atom. The van der Waals surface area contributed by atoms with Crippen molar-refractivity contribution in [3.8, 4) is 0 Å². The Kier molecular flexibility index (Phi) is 7.50. The maximum atomic E-state index is 13.5. The van der Waals surface area contributed by atoms with Crippen LogP contribution in [0, 0.1) is 0 Å². The summed E-state index contributed by atoms with van der Waals surface area (Å²) in [5, 5.41) is 0.673. The number of rotatable bonds is 9. The zero-order valence-corrected chi connectivity index (χ0v) is 18.2. The summed E-state index contributed by atoms with van der Waals surface area (Å²) in [6.07, 6.45) is 0. The minimum absolute atomic E-state index is 0.302. The van der Waals surface area contributed by atoms with Gasteiger partial charge in [0.25, 0.3) is 11.8 Å². The van der Waals surface area contributed by atoms with E-state index in [4.69, 9.17) is 32.7 Å². The van der Waals surface area contributed by atoms with Crippen LogP contribution in [0.25, 0.3) is 5.57 Å². The predicted octanol–water partition coefficient (Wildman–Crippen LogP) is 3.87. The van der Waals surface area contributed by atoms with Crippen molar-refractivity contribution >= 4 is 46.3 Å². The first kappa shape index (κ1) is 22.3. The van der Waals surface area contributed by atoms with Crippen molar-refractivity contribution in [2.75, 3.05) is 45.4 Å². The maximum absolute atomic E-state index is 13.5. The van der Waals surface area contributed by atoms with E-state index in [1.54, 1.807) is 44.6 Å². The van der Waals surface area contributed by atoms with E-state index in [1.165, 1.54) is 0 Å². The summed E-state index contributed by atoms with van der Waals surface area (Å²) >= 11 is 12.2. The zero-order chi connectivity index (χ0) is 21.7. The Hall–Kier alpha value is -2.38. The van der Waals surface area contributed by atoms with Crippen LogP contribution in [0.4, 0.5) is 5.69 Å². The van der Waals surface area contributed by atoms with Crippen LogP contribution in [0.2, 0.25) is 10.0 Å². The van der Waals surface area contributed by atoms with Crippen molar-refractivity contribution in [3.63, 3.8) is 0 Å². The van der Waals surface area contributed by atoms with E-state index < -0.39 is 11.8 Å². The molecule has 0 N–H and O–H groups in total. The van der Waals surface area contributed by atoms with Gasteiger partial charge in [-0.3, -0.25) is 9.59 Å². The van der Waals surface area contributed by atoms with Crippen LogP contribution in [-0.4, -0.2) is 57.2 Å². The number of carbonyl (C=O) groups excluding carboxylic acids is 2. The molecule has 8 heteroatoms. The number of amides is 2. The molecule has 0 aliphatic carbocycles. The molecule has 158 valence electrons. The van der Waals surface area contributed by atoms with Crippen LogP contribution >= 0.6 is 23.2 Å². The van der Waals surface area contributed by atoms with Crippen molar-refractivity contribution in [1.29, 1.82) is 0 Å². The second-order valence-electron chi connectivity index (χ2n) is 6.64. The van der Waals surface area contributed by atoms with Gasteiger partial charge in [-0.05, 0) is 23.8 Å². The number of hydrogen-bond donors (Lipinski definition) is 0. The second kappa shape index (κ2) is 10.1. The van der Waals surface area contributed by atoms with Crippen molar-refractivity contribution in [2.24, 2.45) is 0 Å². The van der Waals surface area contributed by atoms with Gasteiger partial charge in [0, 0.05) is 37.4 Å². The number of anilines is 1. The fourth-order valence-electron chi connectivity index (χ4n) is 3.32. The number of methoxy groups -OCH3 is 2. The molecule has 0 unspecified atom stereocenters. The number of ether oxygens (including phenoxy) is 2. The summed E-state index contributed by atoms with van der Waals surface area (Å²) in [6, 6.07) is 13.8. The summed E-state index contributed by atoms with van der Waals surface area (Å²) in [6.45, 7) is 1.63. The highest BCUT2D eigenvalue weighted by Crippen LogP contribution is 2.36. The van der Waals surface area contributed by atoms with Gasteiger partial charge >= 0.3 is 0 Å². The third kappa shape index (κ3) is 4.68. The lowest BCUT2D eigenvalue weighted by molar-refractivity contribution is -0.120. The molecule has 6 nitrogen and oxygen atoms in total. The van der Waals surface area contributed by atoms with Crippen molar-refractivity contribution in [2.45, 2.75) is 0 Å². The molecule has 3 rings (SSSR count). The molecule has 2 aromatic rings. The van der Waals surface area contributed by atoms with Crippen LogP contribution < -0.4 is 4.90 Å². The third-order valence-electron chi connectivity index (χ3n) is 4.67. The molecule has 0 spiro atoms. The maximum Gasteiger partial charge on any atom is 0.282 e.